The number of methoxy groups -OCH3 is 2. The second kappa shape index (κ2) is 5.10. The molecule has 2 aliphatic carbocycles. The number of benzene rings is 1. The molecule has 2 aliphatic heterocycles. The summed E-state index contributed by atoms with van der Waals surface area (Å²) in [4.78, 5) is 27.3. The fourth-order valence-corrected chi connectivity index (χ4v) is 5.70. The van der Waals surface area contributed by atoms with E-state index >= 15 is 0 Å². The van der Waals surface area contributed by atoms with Crippen LogP contribution >= 0.6 is 0 Å². The summed E-state index contributed by atoms with van der Waals surface area (Å²) in [6, 6.07) is 5.94. The van der Waals surface area contributed by atoms with Crippen molar-refractivity contribution in [2.45, 2.75) is 25.3 Å². The van der Waals surface area contributed by atoms with Crippen LogP contribution in [0.15, 0.2) is 24.3 Å². The lowest BCUT2D eigenvalue weighted by Gasteiger charge is -2.45. The molecule has 0 unspecified atom stereocenters. The largest absolute Gasteiger partial charge is 0.497 e. The van der Waals surface area contributed by atoms with Gasteiger partial charge in [0.15, 0.2) is 0 Å². The molecule has 25 heavy (non-hydrogen) atoms. The number of piperidine rings is 1. The first-order valence-corrected chi connectivity index (χ1v) is 8.94. The van der Waals surface area contributed by atoms with Crippen LogP contribution in [-0.4, -0.2) is 32.1 Å². The molecule has 5 rings (SSSR count). The Morgan fingerprint density at radius 2 is 2.08 bits per heavy atom. The van der Waals surface area contributed by atoms with E-state index in [1.807, 2.05) is 23.1 Å². The summed E-state index contributed by atoms with van der Waals surface area (Å²) in [6.45, 7) is 0. The van der Waals surface area contributed by atoms with Crippen LogP contribution < -0.4 is 9.64 Å². The van der Waals surface area contributed by atoms with Gasteiger partial charge in [0.25, 0.3) is 0 Å². The molecule has 2 fully saturated rings. The van der Waals surface area contributed by atoms with Crippen LogP contribution in [-0.2, 0) is 14.3 Å². The molecule has 2 heterocycles. The Morgan fingerprint density at radius 3 is 2.84 bits per heavy atom. The minimum absolute atomic E-state index is 0.0711. The molecule has 1 saturated carbocycles. The maximum Gasteiger partial charge on any atom is 0.312 e. The molecule has 5 atom stereocenters. The Kier molecular flexibility index (Phi) is 3.06. The first-order valence-electron chi connectivity index (χ1n) is 8.94. The van der Waals surface area contributed by atoms with E-state index in [0.717, 1.165) is 35.4 Å². The van der Waals surface area contributed by atoms with E-state index in [0.29, 0.717) is 18.3 Å². The van der Waals surface area contributed by atoms with E-state index in [-0.39, 0.29) is 29.8 Å². The molecular weight excluding hydrogens is 318 g/mol. The lowest BCUT2D eigenvalue weighted by Crippen LogP contribution is -2.53. The number of amides is 1. The predicted octanol–water partition coefficient (Wildman–Crippen LogP) is 2.64. The third kappa shape index (κ3) is 1.84. The third-order valence-corrected chi connectivity index (χ3v) is 6.64. The van der Waals surface area contributed by atoms with Crippen molar-refractivity contribution in [3.63, 3.8) is 0 Å². The quantitative estimate of drug-likeness (QED) is 0.777. The Bertz CT molecular complexity index is 814. The average molecular weight is 339 g/mol. The molecule has 130 valence electrons. The van der Waals surface area contributed by atoms with Gasteiger partial charge in [0.1, 0.15) is 5.75 Å². The maximum absolute atomic E-state index is 12.9. The van der Waals surface area contributed by atoms with Crippen molar-refractivity contribution >= 4 is 23.1 Å². The first-order chi connectivity index (χ1) is 12.1. The molecule has 1 amide bonds. The van der Waals surface area contributed by atoms with Crippen molar-refractivity contribution < 1.29 is 19.1 Å². The summed E-state index contributed by atoms with van der Waals surface area (Å²) in [6.07, 6.45) is 4.68. The summed E-state index contributed by atoms with van der Waals surface area (Å²) >= 11 is 0. The number of fused-ring (bicyclic) bond motifs is 3. The topological polar surface area (TPSA) is 55.8 Å². The van der Waals surface area contributed by atoms with Gasteiger partial charge in [-0.15, -0.1) is 0 Å². The molecule has 4 aliphatic rings. The lowest BCUT2D eigenvalue weighted by atomic mass is 9.67. The number of esters is 1. The molecule has 0 N–H and O–H groups in total. The normalized spacial score (nSPS) is 34.3. The number of ether oxygens (including phenoxy) is 2. The van der Waals surface area contributed by atoms with E-state index in [1.165, 1.54) is 7.11 Å². The summed E-state index contributed by atoms with van der Waals surface area (Å²) in [7, 11) is 3.10. The molecular formula is C20H21NO4. The van der Waals surface area contributed by atoms with Crippen LogP contribution in [0.25, 0.3) is 5.57 Å². The van der Waals surface area contributed by atoms with Crippen LogP contribution in [0.4, 0.5) is 5.69 Å². The molecule has 0 aromatic heterocycles. The third-order valence-electron chi connectivity index (χ3n) is 6.64. The van der Waals surface area contributed by atoms with Crippen molar-refractivity contribution in [2.24, 2.45) is 23.7 Å². The second-order valence-corrected chi connectivity index (χ2v) is 7.55. The highest BCUT2D eigenvalue weighted by atomic mass is 16.5. The highest BCUT2D eigenvalue weighted by Gasteiger charge is 2.58. The van der Waals surface area contributed by atoms with Gasteiger partial charge in [0.2, 0.25) is 5.91 Å². The SMILES string of the molecule is COC(=O)[C@@H]1C=C2c3cc(OC)ccc3N3C(=O)C[C@H]4CC[C@@H]1[C@H]4[C@H]23. The molecule has 1 aromatic rings. The smallest absolute Gasteiger partial charge is 0.312 e. The summed E-state index contributed by atoms with van der Waals surface area (Å²) < 4.78 is 10.5. The zero-order valence-electron chi connectivity index (χ0n) is 14.4. The van der Waals surface area contributed by atoms with Crippen LogP contribution in [0, 0.1) is 23.7 Å². The Hall–Kier alpha value is -2.30. The lowest BCUT2D eigenvalue weighted by molar-refractivity contribution is -0.146. The summed E-state index contributed by atoms with van der Waals surface area (Å²) in [5.41, 5.74) is 3.08. The van der Waals surface area contributed by atoms with Crippen molar-refractivity contribution in [1.29, 1.82) is 0 Å². The monoisotopic (exact) mass is 339 g/mol. The number of hydrogen-bond acceptors (Lipinski definition) is 4. The van der Waals surface area contributed by atoms with E-state index < -0.39 is 0 Å². The molecule has 5 heteroatoms. The molecule has 1 aromatic carbocycles. The Balaban J connectivity index is 1.72. The number of hydrogen-bond donors (Lipinski definition) is 0. The van der Waals surface area contributed by atoms with Gasteiger partial charge in [-0.25, -0.2) is 0 Å². The minimum Gasteiger partial charge on any atom is -0.497 e. The van der Waals surface area contributed by atoms with Crippen LogP contribution in [0.1, 0.15) is 24.8 Å². The van der Waals surface area contributed by atoms with Crippen molar-refractivity contribution in [1.82, 2.24) is 0 Å². The molecule has 0 bridgehead atoms. The van der Waals surface area contributed by atoms with E-state index in [2.05, 4.69) is 6.08 Å². The first kappa shape index (κ1) is 15.0. The van der Waals surface area contributed by atoms with Crippen LogP contribution in [0.3, 0.4) is 0 Å². The fourth-order valence-electron chi connectivity index (χ4n) is 5.70. The average Bonchev–Trinajstić information content (AvgIpc) is 3.19. The predicted molar refractivity (Wildman–Crippen MR) is 92.1 cm³/mol. The molecule has 1 saturated heterocycles. The van der Waals surface area contributed by atoms with Crippen LogP contribution in [0.2, 0.25) is 0 Å². The number of carbonyl (C=O) groups excluding carboxylic acids is 2. The highest BCUT2D eigenvalue weighted by Crippen LogP contribution is 2.59. The highest BCUT2D eigenvalue weighted by molar-refractivity contribution is 6.06. The molecule has 5 nitrogen and oxygen atoms in total. The zero-order valence-corrected chi connectivity index (χ0v) is 14.4. The van der Waals surface area contributed by atoms with Gasteiger partial charge in [0.05, 0.1) is 31.9 Å². The van der Waals surface area contributed by atoms with Gasteiger partial charge < -0.3 is 14.4 Å². The van der Waals surface area contributed by atoms with E-state index in [9.17, 15) is 9.59 Å². The number of carbonyl (C=O) groups is 2. The number of anilines is 1. The van der Waals surface area contributed by atoms with Gasteiger partial charge in [-0.05, 0) is 54.4 Å². The minimum atomic E-state index is -0.210. The Morgan fingerprint density at radius 1 is 1.24 bits per heavy atom. The van der Waals surface area contributed by atoms with E-state index in [1.54, 1.807) is 7.11 Å². The van der Waals surface area contributed by atoms with Gasteiger partial charge >= 0.3 is 5.97 Å². The zero-order chi connectivity index (χ0) is 17.3. The number of nitrogens with zero attached hydrogens (tertiary/aromatic N) is 1. The maximum atomic E-state index is 12.9. The van der Waals surface area contributed by atoms with Crippen LogP contribution in [0.5, 0.6) is 5.75 Å². The van der Waals surface area contributed by atoms with Gasteiger partial charge in [-0.2, -0.15) is 0 Å². The number of rotatable bonds is 2. The second-order valence-electron chi connectivity index (χ2n) is 7.55. The molecule has 0 spiro atoms. The molecule has 0 radical (unpaired) electrons. The van der Waals surface area contributed by atoms with Crippen molar-refractivity contribution in [3.8, 4) is 5.75 Å². The summed E-state index contributed by atoms with van der Waals surface area (Å²) in [5.74, 6) is 1.61. The van der Waals surface area contributed by atoms with Gasteiger partial charge in [-0.3, -0.25) is 9.59 Å². The van der Waals surface area contributed by atoms with Crippen molar-refractivity contribution in [3.05, 3.63) is 29.8 Å². The van der Waals surface area contributed by atoms with Gasteiger partial charge in [-0.1, -0.05) is 6.08 Å². The van der Waals surface area contributed by atoms with Gasteiger partial charge in [0, 0.05) is 12.0 Å². The Labute approximate surface area is 146 Å². The fraction of sp³-hybridized carbons (Fsp3) is 0.500. The standard InChI is InChI=1S/C20H21NO4/c1-24-11-4-6-16-13(8-11)14-9-15(20(23)25-2)12-5-3-10-7-17(22)21(16)19(14)18(10)12/h4,6,8-10,12,15,18-19H,3,5,7H2,1-2H3/t10-,12+,15-,18+,19+/m1/s1. The van der Waals surface area contributed by atoms with Crippen molar-refractivity contribution in [2.75, 3.05) is 19.1 Å². The summed E-state index contributed by atoms with van der Waals surface area (Å²) in [5, 5.41) is 0. The van der Waals surface area contributed by atoms with E-state index in [4.69, 9.17) is 9.47 Å².